The molecule has 0 saturated heterocycles. The second-order valence-electron chi connectivity index (χ2n) is 3.09. The molecule has 0 radical (unpaired) electrons. The molecule has 0 unspecified atom stereocenters. The van der Waals surface area contributed by atoms with Crippen LogP contribution in [0.1, 0.15) is 5.56 Å². The van der Waals surface area contributed by atoms with Crippen molar-refractivity contribution in [2.45, 2.75) is 0 Å². The number of benzene rings is 1. The molecule has 0 aliphatic carbocycles. The highest BCUT2D eigenvalue weighted by atomic mass is 79.9. The van der Waals surface area contributed by atoms with E-state index in [1.54, 1.807) is 26.4 Å². The third kappa shape index (κ3) is 3.49. The SMILES string of the molecule is COC(=O)C=Cc1cc(Br)c(OC)c(OC)c1. The van der Waals surface area contributed by atoms with Crippen molar-refractivity contribution >= 4 is 28.0 Å². The van der Waals surface area contributed by atoms with Crippen LogP contribution in [0.3, 0.4) is 0 Å². The van der Waals surface area contributed by atoms with Crippen LogP contribution in [0.2, 0.25) is 0 Å². The summed E-state index contributed by atoms with van der Waals surface area (Å²) >= 11 is 3.37. The number of hydrogen-bond acceptors (Lipinski definition) is 4. The Balaban J connectivity index is 3.07. The fourth-order valence-corrected chi connectivity index (χ4v) is 1.89. The molecule has 0 aromatic heterocycles. The maximum absolute atomic E-state index is 11.0. The van der Waals surface area contributed by atoms with Crippen LogP contribution in [0.4, 0.5) is 0 Å². The molecule has 0 bridgehead atoms. The summed E-state index contributed by atoms with van der Waals surface area (Å²) in [5.41, 5.74) is 0.805. The molecule has 92 valence electrons. The molecule has 0 fully saturated rings. The predicted octanol–water partition coefficient (Wildman–Crippen LogP) is 2.65. The average Bonchev–Trinajstić information content (AvgIpc) is 2.34. The molecule has 0 saturated carbocycles. The highest BCUT2D eigenvalue weighted by Gasteiger charge is 2.09. The van der Waals surface area contributed by atoms with Gasteiger partial charge < -0.3 is 14.2 Å². The first-order valence-corrected chi connectivity index (χ1v) is 5.59. The van der Waals surface area contributed by atoms with E-state index in [9.17, 15) is 4.79 Å². The number of hydrogen-bond donors (Lipinski definition) is 0. The largest absolute Gasteiger partial charge is 0.493 e. The van der Waals surface area contributed by atoms with Crippen LogP contribution in [0.25, 0.3) is 6.08 Å². The van der Waals surface area contributed by atoms with Crippen LogP contribution in [0.5, 0.6) is 11.5 Å². The van der Waals surface area contributed by atoms with Gasteiger partial charge in [0, 0.05) is 6.08 Å². The summed E-state index contributed by atoms with van der Waals surface area (Å²) in [6.45, 7) is 0. The van der Waals surface area contributed by atoms with Crippen molar-refractivity contribution in [2.75, 3.05) is 21.3 Å². The molecule has 0 heterocycles. The third-order valence-corrected chi connectivity index (χ3v) is 2.66. The standard InChI is InChI=1S/C12H13BrO4/c1-15-10-7-8(4-5-11(14)16-2)6-9(13)12(10)17-3/h4-7H,1-3H3. The Bertz CT molecular complexity index is 440. The van der Waals surface area contributed by atoms with Crippen LogP contribution in [-0.2, 0) is 9.53 Å². The Hall–Kier alpha value is -1.49. The molecule has 1 rings (SSSR count). The maximum atomic E-state index is 11.0. The maximum Gasteiger partial charge on any atom is 0.330 e. The molecule has 1 aromatic rings. The topological polar surface area (TPSA) is 44.8 Å². The normalized spacial score (nSPS) is 10.4. The lowest BCUT2D eigenvalue weighted by Gasteiger charge is -2.10. The number of rotatable bonds is 4. The molecule has 0 amide bonds. The van der Waals surface area contributed by atoms with Gasteiger partial charge in [-0.1, -0.05) is 0 Å². The zero-order valence-corrected chi connectivity index (χ0v) is 11.4. The lowest BCUT2D eigenvalue weighted by atomic mass is 10.2. The van der Waals surface area contributed by atoms with E-state index in [0.717, 1.165) is 10.0 Å². The summed E-state index contributed by atoms with van der Waals surface area (Å²) in [6.07, 6.45) is 2.98. The van der Waals surface area contributed by atoms with Gasteiger partial charge in [0.2, 0.25) is 0 Å². The molecule has 17 heavy (non-hydrogen) atoms. The highest BCUT2D eigenvalue weighted by molar-refractivity contribution is 9.10. The zero-order chi connectivity index (χ0) is 12.8. The van der Waals surface area contributed by atoms with E-state index in [4.69, 9.17) is 9.47 Å². The van der Waals surface area contributed by atoms with E-state index in [0.29, 0.717) is 11.5 Å². The summed E-state index contributed by atoms with van der Waals surface area (Å²) in [4.78, 5) is 11.0. The first-order valence-electron chi connectivity index (χ1n) is 4.80. The van der Waals surface area contributed by atoms with Crippen LogP contribution >= 0.6 is 15.9 Å². The number of ether oxygens (including phenoxy) is 3. The van der Waals surface area contributed by atoms with E-state index in [-0.39, 0.29) is 0 Å². The van der Waals surface area contributed by atoms with Gasteiger partial charge in [0.25, 0.3) is 0 Å². The summed E-state index contributed by atoms with van der Waals surface area (Å²) in [5.74, 6) is 0.796. The number of carbonyl (C=O) groups is 1. The first kappa shape index (κ1) is 13.6. The van der Waals surface area contributed by atoms with Crippen molar-refractivity contribution in [3.05, 3.63) is 28.2 Å². The number of methoxy groups -OCH3 is 3. The molecule has 0 spiro atoms. The van der Waals surface area contributed by atoms with E-state index < -0.39 is 5.97 Å². The van der Waals surface area contributed by atoms with Crippen molar-refractivity contribution < 1.29 is 19.0 Å². The number of carbonyl (C=O) groups excluding carboxylic acids is 1. The molecular weight excluding hydrogens is 288 g/mol. The Morgan fingerprint density at radius 1 is 1.24 bits per heavy atom. The van der Waals surface area contributed by atoms with E-state index in [1.807, 2.05) is 6.07 Å². The molecule has 0 atom stereocenters. The predicted molar refractivity (Wildman–Crippen MR) is 68.3 cm³/mol. The summed E-state index contributed by atoms with van der Waals surface area (Å²) in [6, 6.07) is 3.59. The fraction of sp³-hybridized carbons (Fsp3) is 0.250. The molecule has 4 nitrogen and oxygen atoms in total. The average molecular weight is 301 g/mol. The third-order valence-electron chi connectivity index (χ3n) is 2.07. The highest BCUT2D eigenvalue weighted by Crippen LogP contribution is 2.36. The second kappa shape index (κ2) is 6.30. The zero-order valence-electron chi connectivity index (χ0n) is 9.82. The lowest BCUT2D eigenvalue weighted by molar-refractivity contribution is -0.134. The van der Waals surface area contributed by atoms with Gasteiger partial charge in [-0.2, -0.15) is 0 Å². The van der Waals surface area contributed by atoms with E-state index in [2.05, 4.69) is 20.7 Å². The van der Waals surface area contributed by atoms with Gasteiger partial charge in [0.15, 0.2) is 11.5 Å². The van der Waals surface area contributed by atoms with E-state index >= 15 is 0 Å². The van der Waals surface area contributed by atoms with Crippen LogP contribution < -0.4 is 9.47 Å². The minimum absolute atomic E-state index is 0.407. The van der Waals surface area contributed by atoms with Crippen molar-refractivity contribution in [1.29, 1.82) is 0 Å². The van der Waals surface area contributed by atoms with Crippen molar-refractivity contribution in [1.82, 2.24) is 0 Å². The quantitative estimate of drug-likeness (QED) is 0.633. The molecule has 0 aliphatic rings. The molecule has 5 heteroatoms. The summed E-state index contributed by atoms with van der Waals surface area (Å²) in [5, 5.41) is 0. The van der Waals surface area contributed by atoms with Crippen molar-refractivity contribution in [3.63, 3.8) is 0 Å². The summed E-state index contributed by atoms with van der Waals surface area (Å²) in [7, 11) is 4.45. The van der Waals surface area contributed by atoms with Gasteiger partial charge in [-0.25, -0.2) is 4.79 Å². The minimum atomic E-state index is -0.407. The van der Waals surface area contributed by atoms with Crippen molar-refractivity contribution in [2.24, 2.45) is 0 Å². The Morgan fingerprint density at radius 2 is 1.94 bits per heavy atom. The minimum Gasteiger partial charge on any atom is -0.493 e. The second-order valence-corrected chi connectivity index (χ2v) is 3.95. The van der Waals surface area contributed by atoms with Gasteiger partial charge in [0.05, 0.1) is 25.8 Å². The Labute approximate surface area is 108 Å². The first-order chi connectivity index (χ1) is 8.12. The molecule has 0 aliphatic heterocycles. The molecular formula is C12H13BrO4. The lowest BCUT2D eigenvalue weighted by Crippen LogP contribution is -1.94. The van der Waals surface area contributed by atoms with Gasteiger partial charge in [-0.3, -0.25) is 0 Å². The Morgan fingerprint density at radius 3 is 2.47 bits per heavy atom. The van der Waals surface area contributed by atoms with Crippen LogP contribution in [0, 0.1) is 0 Å². The van der Waals surface area contributed by atoms with Crippen LogP contribution in [0.15, 0.2) is 22.7 Å². The number of halogens is 1. The van der Waals surface area contributed by atoms with Gasteiger partial charge >= 0.3 is 5.97 Å². The molecule has 0 N–H and O–H groups in total. The monoisotopic (exact) mass is 300 g/mol. The van der Waals surface area contributed by atoms with E-state index in [1.165, 1.54) is 13.2 Å². The van der Waals surface area contributed by atoms with Crippen LogP contribution in [-0.4, -0.2) is 27.3 Å². The smallest absolute Gasteiger partial charge is 0.330 e. The van der Waals surface area contributed by atoms with Gasteiger partial charge in [0.1, 0.15) is 0 Å². The van der Waals surface area contributed by atoms with Gasteiger partial charge in [-0.05, 0) is 39.7 Å². The fourth-order valence-electron chi connectivity index (χ4n) is 1.27. The summed E-state index contributed by atoms with van der Waals surface area (Å²) < 4.78 is 15.6. The molecule has 1 aromatic carbocycles. The van der Waals surface area contributed by atoms with Crippen molar-refractivity contribution in [3.8, 4) is 11.5 Å². The number of esters is 1. The Kier molecular flexibility index (Phi) is 5.03. The van der Waals surface area contributed by atoms with Gasteiger partial charge in [-0.15, -0.1) is 0 Å².